The molecule has 118 valence electrons. The second-order valence-corrected chi connectivity index (χ2v) is 5.31. The van der Waals surface area contributed by atoms with Crippen LogP contribution >= 0.6 is 0 Å². The lowest BCUT2D eigenvalue weighted by Gasteiger charge is -2.10. The highest BCUT2D eigenvalue weighted by Gasteiger charge is 2.22. The largest absolute Gasteiger partial charge is 0.468 e. The maximum atomic E-state index is 12.0. The number of carbonyl (C=O) groups excluding carboxylic acids is 3. The van der Waals surface area contributed by atoms with E-state index in [1.165, 1.54) is 7.11 Å². The van der Waals surface area contributed by atoms with Gasteiger partial charge in [-0.3, -0.25) is 14.4 Å². The molecule has 22 heavy (non-hydrogen) atoms. The van der Waals surface area contributed by atoms with Gasteiger partial charge in [-0.25, -0.2) is 0 Å². The molecule has 0 aromatic heterocycles. The molecule has 0 spiro atoms. The van der Waals surface area contributed by atoms with Gasteiger partial charge in [0.05, 0.1) is 7.11 Å². The van der Waals surface area contributed by atoms with E-state index in [0.717, 1.165) is 25.7 Å². The van der Waals surface area contributed by atoms with Crippen LogP contribution in [0, 0.1) is 5.92 Å². The van der Waals surface area contributed by atoms with Crippen molar-refractivity contribution in [3.8, 4) is 0 Å². The lowest BCUT2D eigenvalue weighted by atomic mass is 10.1. The molecular formula is C16H20N2O4. The highest BCUT2D eigenvalue weighted by molar-refractivity contribution is 5.97. The molecule has 0 atom stereocenters. The molecule has 0 heterocycles. The molecule has 0 radical (unpaired) electrons. The van der Waals surface area contributed by atoms with Crippen LogP contribution < -0.4 is 10.6 Å². The van der Waals surface area contributed by atoms with Crippen molar-refractivity contribution in [3.63, 3.8) is 0 Å². The average Bonchev–Trinajstić information content (AvgIpc) is 3.07. The molecule has 1 aliphatic carbocycles. The van der Waals surface area contributed by atoms with Gasteiger partial charge in [0.2, 0.25) is 5.91 Å². The fourth-order valence-corrected chi connectivity index (χ4v) is 2.46. The Bertz CT molecular complexity index is 548. The number of rotatable bonds is 5. The lowest BCUT2D eigenvalue weighted by molar-refractivity contribution is -0.139. The number of hydrogen-bond acceptors (Lipinski definition) is 4. The quantitative estimate of drug-likeness (QED) is 0.811. The first kappa shape index (κ1) is 16.0. The van der Waals surface area contributed by atoms with E-state index in [4.69, 9.17) is 0 Å². The molecule has 2 rings (SSSR count). The minimum absolute atomic E-state index is 0.0420. The molecule has 6 heteroatoms. The Kier molecular flexibility index (Phi) is 5.52. The summed E-state index contributed by atoms with van der Waals surface area (Å²) >= 11 is 0. The number of methoxy groups -OCH3 is 1. The number of anilines is 1. The van der Waals surface area contributed by atoms with Crippen molar-refractivity contribution in [3.05, 3.63) is 29.8 Å². The lowest BCUT2D eigenvalue weighted by Crippen LogP contribution is -2.30. The zero-order valence-corrected chi connectivity index (χ0v) is 12.6. The zero-order chi connectivity index (χ0) is 15.9. The number of hydrogen-bond donors (Lipinski definition) is 2. The first-order valence-electron chi connectivity index (χ1n) is 7.36. The minimum Gasteiger partial charge on any atom is -0.468 e. The molecular weight excluding hydrogens is 284 g/mol. The van der Waals surface area contributed by atoms with E-state index in [0.29, 0.717) is 11.3 Å². The van der Waals surface area contributed by atoms with E-state index in [1.54, 1.807) is 24.3 Å². The Morgan fingerprint density at radius 1 is 1.14 bits per heavy atom. The molecule has 2 N–H and O–H groups in total. The fraction of sp³-hybridized carbons (Fsp3) is 0.438. The van der Waals surface area contributed by atoms with Gasteiger partial charge in [0.25, 0.3) is 5.91 Å². The maximum absolute atomic E-state index is 12.0. The predicted molar refractivity (Wildman–Crippen MR) is 81.4 cm³/mol. The Morgan fingerprint density at radius 3 is 2.36 bits per heavy atom. The fourth-order valence-electron chi connectivity index (χ4n) is 2.46. The molecule has 0 unspecified atom stereocenters. The molecule has 1 aromatic carbocycles. The van der Waals surface area contributed by atoms with E-state index in [-0.39, 0.29) is 24.3 Å². The average molecular weight is 304 g/mol. The standard InChI is InChI=1S/C16H20N2O4/c1-22-14(19)10-17-15(20)12-6-8-13(9-7-12)18-16(21)11-4-2-3-5-11/h6-9,11H,2-5,10H2,1H3,(H,17,20)(H,18,21). The Hall–Kier alpha value is -2.37. The zero-order valence-electron chi connectivity index (χ0n) is 12.6. The van der Waals surface area contributed by atoms with Crippen LogP contribution in [0.25, 0.3) is 0 Å². The van der Waals surface area contributed by atoms with Crippen LogP contribution in [0.2, 0.25) is 0 Å². The van der Waals surface area contributed by atoms with Crippen molar-refractivity contribution >= 4 is 23.5 Å². The van der Waals surface area contributed by atoms with E-state index in [2.05, 4.69) is 15.4 Å². The predicted octanol–water partition coefficient (Wildman–Crippen LogP) is 1.72. The van der Waals surface area contributed by atoms with E-state index in [9.17, 15) is 14.4 Å². The number of benzene rings is 1. The second-order valence-electron chi connectivity index (χ2n) is 5.31. The highest BCUT2D eigenvalue weighted by Crippen LogP contribution is 2.26. The normalized spacial score (nSPS) is 14.4. The molecule has 0 aliphatic heterocycles. The van der Waals surface area contributed by atoms with Gasteiger partial charge in [-0.15, -0.1) is 0 Å². The molecule has 1 aliphatic rings. The summed E-state index contributed by atoms with van der Waals surface area (Å²) in [4.78, 5) is 34.8. The Morgan fingerprint density at radius 2 is 1.77 bits per heavy atom. The van der Waals surface area contributed by atoms with Crippen molar-refractivity contribution in [1.29, 1.82) is 0 Å². The van der Waals surface area contributed by atoms with Crippen LogP contribution in [-0.4, -0.2) is 31.4 Å². The number of esters is 1. The summed E-state index contributed by atoms with van der Waals surface area (Å²) in [6.07, 6.45) is 4.11. The van der Waals surface area contributed by atoms with Gasteiger partial charge in [0.15, 0.2) is 0 Å². The van der Waals surface area contributed by atoms with Gasteiger partial charge in [-0.2, -0.15) is 0 Å². The first-order valence-corrected chi connectivity index (χ1v) is 7.36. The van der Waals surface area contributed by atoms with Crippen LogP contribution in [0.3, 0.4) is 0 Å². The summed E-state index contributed by atoms with van der Waals surface area (Å²) < 4.78 is 4.45. The molecule has 0 saturated heterocycles. The monoisotopic (exact) mass is 304 g/mol. The molecule has 2 amide bonds. The first-order chi connectivity index (χ1) is 10.6. The summed E-state index contributed by atoms with van der Waals surface area (Å²) in [6, 6.07) is 6.58. The maximum Gasteiger partial charge on any atom is 0.325 e. The Labute approximate surface area is 129 Å². The van der Waals surface area contributed by atoms with Gasteiger partial charge in [-0.1, -0.05) is 12.8 Å². The summed E-state index contributed by atoms with van der Waals surface area (Å²) in [7, 11) is 1.26. The highest BCUT2D eigenvalue weighted by atomic mass is 16.5. The molecule has 1 saturated carbocycles. The van der Waals surface area contributed by atoms with Crippen molar-refractivity contribution < 1.29 is 19.1 Å². The van der Waals surface area contributed by atoms with Crippen molar-refractivity contribution in [1.82, 2.24) is 5.32 Å². The van der Waals surface area contributed by atoms with Crippen molar-refractivity contribution in [2.45, 2.75) is 25.7 Å². The van der Waals surface area contributed by atoms with Crippen LogP contribution in [0.5, 0.6) is 0 Å². The van der Waals surface area contributed by atoms with E-state index in [1.807, 2.05) is 0 Å². The number of nitrogens with one attached hydrogen (secondary N) is 2. The van der Waals surface area contributed by atoms with Crippen LogP contribution in [-0.2, 0) is 14.3 Å². The molecule has 1 fully saturated rings. The summed E-state index contributed by atoms with van der Waals surface area (Å²) in [6.45, 7) is -0.171. The molecule has 0 bridgehead atoms. The van der Waals surface area contributed by atoms with Crippen molar-refractivity contribution in [2.24, 2.45) is 5.92 Å². The third-order valence-corrected chi connectivity index (χ3v) is 3.76. The summed E-state index contributed by atoms with van der Waals surface area (Å²) in [5.41, 5.74) is 1.09. The summed E-state index contributed by atoms with van der Waals surface area (Å²) in [5.74, 6) is -0.726. The summed E-state index contributed by atoms with van der Waals surface area (Å²) in [5, 5.41) is 5.32. The van der Waals surface area contributed by atoms with E-state index >= 15 is 0 Å². The van der Waals surface area contributed by atoms with Gasteiger partial charge in [0, 0.05) is 17.2 Å². The minimum atomic E-state index is -0.506. The van der Waals surface area contributed by atoms with Gasteiger partial charge in [-0.05, 0) is 37.1 Å². The van der Waals surface area contributed by atoms with Crippen LogP contribution in [0.4, 0.5) is 5.69 Å². The smallest absolute Gasteiger partial charge is 0.325 e. The van der Waals surface area contributed by atoms with Gasteiger partial charge in [0.1, 0.15) is 6.54 Å². The number of amides is 2. The third-order valence-electron chi connectivity index (χ3n) is 3.76. The van der Waals surface area contributed by atoms with Crippen LogP contribution in [0.15, 0.2) is 24.3 Å². The van der Waals surface area contributed by atoms with Gasteiger partial charge < -0.3 is 15.4 Å². The van der Waals surface area contributed by atoms with Gasteiger partial charge >= 0.3 is 5.97 Å². The molecule has 6 nitrogen and oxygen atoms in total. The molecule has 1 aromatic rings. The third kappa shape index (κ3) is 4.31. The van der Waals surface area contributed by atoms with Crippen molar-refractivity contribution in [2.75, 3.05) is 19.0 Å². The Balaban J connectivity index is 1.88. The van der Waals surface area contributed by atoms with E-state index < -0.39 is 5.97 Å². The second kappa shape index (κ2) is 7.59. The SMILES string of the molecule is COC(=O)CNC(=O)c1ccc(NC(=O)C2CCCC2)cc1. The number of ether oxygens (including phenoxy) is 1. The van der Waals surface area contributed by atoms with Crippen LogP contribution in [0.1, 0.15) is 36.0 Å². The number of carbonyl (C=O) groups is 3. The topological polar surface area (TPSA) is 84.5 Å².